The van der Waals surface area contributed by atoms with Crippen molar-refractivity contribution in [2.75, 3.05) is 0 Å². The molecule has 1 aromatic rings. The third kappa shape index (κ3) is 28.9. The van der Waals surface area contributed by atoms with Gasteiger partial charge in [-0.05, 0) is 181 Å². The summed E-state index contributed by atoms with van der Waals surface area (Å²) >= 11 is -2.48. The maximum absolute atomic E-state index is 4.93. The zero-order valence-electron chi connectivity index (χ0n) is 59.3. The summed E-state index contributed by atoms with van der Waals surface area (Å²) < 4.78 is 0. The average Bonchev–Trinajstić information content (AvgIpc) is 1.59. The molecule has 1 aromatic carbocycles. The van der Waals surface area contributed by atoms with E-state index in [9.17, 15) is 0 Å². The zero-order chi connectivity index (χ0) is 61.7. The first-order valence-electron chi connectivity index (χ1n) is 33.1. The first-order valence-corrected chi connectivity index (χ1v) is 52.1. The van der Waals surface area contributed by atoms with E-state index in [0.29, 0.717) is 29.6 Å². The Labute approximate surface area is 621 Å². The predicted octanol–water partition coefficient (Wildman–Crippen LogP) is 28.8. The van der Waals surface area contributed by atoms with Crippen LogP contribution in [-0.4, -0.2) is 0 Å². The second-order valence-corrected chi connectivity index (χ2v) is 39.1. The summed E-state index contributed by atoms with van der Waals surface area (Å²) in [5, 5.41) is 0. The van der Waals surface area contributed by atoms with Crippen molar-refractivity contribution in [3.05, 3.63) is 226 Å². The summed E-state index contributed by atoms with van der Waals surface area (Å²) in [5.41, 5.74) is 5.16. The summed E-state index contributed by atoms with van der Waals surface area (Å²) in [5.74, 6) is 10.9. The Morgan fingerprint density at radius 3 is 1.26 bits per heavy atom. The van der Waals surface area contributed by atoms with Gasteiger partial charge >= 0.3 is 114 Å². The number of rotatable bonds is 11. The standard InChI is InChI=1S/C37H50.C12H16.2C9H12.C9H18.6CH3.6ClH.3Zr/c1-8-9-23-37(27-17-13-14-18-27,26-15-11-10-12-16-26)34-32-24-28(35(2,3)4)19-21-30(32)31-22-20-29(25-33(31)34)36(5,6)7;1-2-5-10-8-9-11-6-3-4-7-12(10)11;2*1-2-5-9-7-3-6-8(9)4-1;1-2-3-6-9-7-4-5-8-9;;;;;;;;;;;;;;;/h8,10-12,15-16,19-22,24-25,27,30-34H,1,9,13-14,17-18,23H2,2-7H3;2-4,6-7,10-12H,1,5,8-9H2;2*1-2,4-5,8-9H,3,6-7H2;9H,2-8H2,1H3;6*1H3;6*1H;;;/q;;;;;6*-1;;;;;;;3*+4/p-6. The summed E-state index contributed by atoms with van der Waals surface area (Å²) in [6.45, 7) is 24.6. The first-order chi connectivity index (χ1) is 41.1. The van der Waals surface area contributed by atoms with E-state index in [0.717, 1.165) is 59.7 Å². The zero-order valence-corrected chi connectivity index (χ0v) is 71.2. The molecular formula is C82H126Cl6Zr3. The van der Waals surface area contributed by atoms with Crippen molar-refractivity contribution in [2.45, 2.75) is 195 Å². The molecule has 6 fully saturated rings. The molecule has 508 valence electrons. The van der Waals surface area contributed by atoms with Crippen LogP contribution in [0.1, 0.15) is 195 Å². The molecule has 0 aliphatic heterocycles. The van der Waals surface area contributed by atoms with Crippen molar-refractivity contribution in [2.24, 2.45) is 93.7 Å². The van der Waals surface area contributed by atoms with Gasteiger partial charge in [0.2, 0.25) is 0 Å². The van der Waals surface area contributed by atoms with E-state index in [-0.39, 0.29) is 60.8 Å². The molecule has 9 heteroatoms. The molecule has 0 saturated heterocycles. The number of unbranched alkanes of at least 4 members (excludes halogenated alkanes) is 1. The summed E-state index contributed by atoms with van der Waals surface area (Å²) in [6, 6.07) is 11.8. The van der Waals surface area contributed by atoms with Crippen molar-refractivity contribution in [1.29, 1.82) is 0 Å². The second kappa shape index (κ2) is 50.8. The van der Waals surface area contributed by atoms with Crippen molar-refractivity contribution in [3.63, 3.8) is 0 Å². The fourth-order valence-corrected chi connectivity index (χ4v) is 16.7. The minimum atomic E-state index is -0.826. The number of fused-ring (bicyclic) bond motifs is 6. The molecule has 0 radical (unpaired) electrons. The van der Waals surface area contributed by atoms with Gasteiger partial charge in [-0.3, -0.25) is 0 Å². The van der Waals surface area contributed by atoms with Crippen molar-refractivity contribution < 1.29 is 62.5 Å². The summed E-state index contributed by atoms with van der Waals surface area (Å²) in [4.78, 5) is 0. The average molecular weight is 1600 g/mol. The molecule has 0 heterocycles. The van der Waals surface area contributed by atoms with Crippen LogP contribution in [-0.2, 0) is 68.0 Å². The van der Waals surface area contributed by atoms with Gasteiger partial charge in [0.15, 0.2) is 0 Å². The Kier molecular flexibility index (Phi) is 52.2. The van der Waals surface area contributed by atoms with Crippen molar-refractivity contribution in [1.82, 2.24) is 0 Å². The molecule has 91 heavy (non-hydrogen) atoms. The van der Waals surface area contributed by atoms with E-state index in [1.165, 1.54) is 146 Å². The van der Waals surface area contributed by atoms with Gasteiger partial charge in [0.25, 0.3) is 0 Å². The van der Waals surface area contributed by atoms with E-state index in [4.69, 9.17) is 51.1 Å². The van der Waals surface area contributed by atoms with Crippen LogP contribution in [0.2, 0.25) is 0 Å². The van der Waals surface area contributed by atoms with E-state index in [1.807, 2.05) is 0 Å². The number of hydrogen-bond acceptors (Lipinski definition) is 0. The van der Waals surface area contributed by atoms with Gasteiger partial charge in [0, 0.05) is 5.41 Å². The third-order valence-corrected chi connectivity index (χ3v) is 20.9. The minimum absolute atomic E-state index is 0. The summed E-state index contributed by atoms with van der Waals surface area (Å²) in [7, 11) is 29.6. The van der Waals surface area contributed by atoms with Crippen LogP contribution in [0.4, 0.5) is 0 Å². The van der Waals surface area contributed by atoms with Gasteiger partial charge in [-0.2, -0.15) is 0 Å². The van der Waals surface area contributed by atoms with Crippen LogP contribution >= 0.6 is 51.1 Å². The molecule has 6 saturated carbocycles. The number of allylic oxidation sites excluding steroid dienone is 22. The number of halogens is 6. The van der Waals surface area contributed by atoms with E-state index in [2.05, 4.69) is 213 Å². The fraction of sp³-hybridized carbons (Fsp3) is 0.561. The molecule has 12 unspecified atom stereocenters. The summed E-state index contributed by atoms with van der Waals surface area (Å²) in [6.07, 6.45) is 78.0. The van der Waals surface area contributed by atoms with Crippen LogP contribution < -0.4 is 0 Å². The molecule has 0 N–H and O–H groups in total. The van der Waals surface area contributed by atoms with Crippen LogP contribution in [0.15, 0.2) is 176 Å². The third-order valence-electron chi connectivity index (χ3n) is 20.9. The monoisotopic (exact) mass is 1590 g/mol. The number of benzene rings is 1. The Bertz CT molecular complexity index is 2260. The Hall–Kier alpha value is 0.489. The van der Waals surface area contributed by atoms with Gasteiger partial charge in [-0.1, -0.05) is 271 Å². The Morgan fingerprint density at radius 2 is 0.868 bits per heavy atom. The van der Waals surface area contributed by atoms with Crippen LogP contribution in [0, 0.1) is 138 Å². The predicted molar refractivity (Wildman–Crippen MR) is 406 cm³/mol. The molecule has 0 amide bonds. The molecule has 12 atom stereocenters. The van der Waals surface area contributed by atoms with Gasteiger partial charge in [-0.25, -0.2) is 0 Å². The quantitative estimate of drug-likeness (QED) is 0.153. The Morgan fingerprint density at radius 1 is 0.462 bits per heavy atom. The van der Waals surface area contributed by atoms with Crippen molar-refractivity contribution >= 4 is 51.1 Å². The molecule has 0 spiro atoms. The van der Waals surface area contributed by atoms with E-state index >= 15 is 0 Å². The van der Waals surface area contributed by atoms with Gasteiger partial charge in [0.1, 0.15) is 0 Å². The number of hydrogen-bond donors (Lipinski definition) is 0. The van der Waals surface area contributed by atoms with Gasteiger partial charge in [0.05, 0.1) is 0 Å². The Balaban J connectivity index is 0. The normalized spacial score (nSPS) is 27.9. The van der Waals surface area contributed by atoms with Crippen LogP contribution in [0.3, 0.4) is 0 Å². The molecule has 0 bridgehead atoms. The topological polar surface area (TPSA) is 0 Å². The van der Waals surface area contributed by atoms with Crippen molar-refractivity contribution in [3.8, 4) is 0 Å². The van der Waals surface area contributed by atoms with Crippen LogP contribution in [0.25, 0.3) is 0 Å². The van der Waals surface area contributed by atoms with Gasteiger partial charge < -0.3 is 44.6 Å². The fourth-order valence-electron chi connectivity index (χ4n) is 16.7. The molecule has 0 nitrogen and oxygen atoms in total. The van der Waals surface area contributed by atoms with E-state index in [1.54, 1.807) is 5.56 Å². The molecule has 12 rings (SSSR count). The molecular weight excluding hydrogens is 1470 g/mol. The van der Waals surface area contributed by atoms with Gasteiger partial charge in [-0.15, -0.1) is 13.2 Å². The maximum atomic E-state index is 4.93. The first kappa shape index (κ1) is 93.5. The van der Waals surface area contributed by atoms with Crippen LogP contribution in [0.5, 0.6) is 0 Å². The molecule has 0 aromatic heterocycles. The second-order valence-electron chi connectivity index (χ2n) is 27.9. The molecule has 11 aliphatic carbocycles. The van der Waals surface area contributed by atoms with E-state index < -0.39 is 62.5 Å². The SMILES string of the molecule is C1=CC2CCCC2C=C1.C1=CC2CCCC2C=C1.C=CCC1CCC2C=CC=CC21.C=CCCC(c1ccccc1)(C1CCCC1)C1C2C=C(C(C)(C)C)C=CC2C2C=CC(C(C)(C)C)=CC21.CCCCC1CCCC1.[CH3-].[CH3-].[CH3-].[CH3-].[CH3-].[CH3-].[Cl][Zr+2][Cl].[Cl][Zr+2][Cl].[Cl][Zr+2][Cl]. The molecule has 11 aliphatic rings.